The van der Waals surface area contributed by atoms with Crippen molar-refractivity contribution >= 4 is 23.1 Å². The summed E-state index contributed by atoms with van der Waals surface area (Å²) in [6.07, 6.45) is 0. The molecule has 0 aliphatic carbocycles. The molecule has 3 aromatic carbocycles. The Morgan fingerprint density at radius 2 is 1.29 bits per heavy atom. The summed E-state index contributed by atoms with van der Waals surface area (Å²) >= 11 is 0. The fourth-order valence-corrected chi connectivity index (χ4v) is 3.79. The molecule has 0 saturated carbocycles. The van der Waals surface area contributed by atoms with Crippen LogP contribution in [0.15, 0.2) is 72.4 Å². The average Bonchev–Trinajstić information content (AvgIpc) is 2.96. The van der Waals surface area contributed by atoms with Gasteiger partial charge in [0.15, 0.2) is 0 Å². The first kappa shape index (κ1) is 20.6. The molecule has 1 aliphatic rings. The van der Waals surface area contributed by atoms with E-state index < -0.39 is 0 Å². The third-order valence-electron chi connectivity index (χ3n) is 5.61. The molecule has 156 valence electrons. The molecular weight excluding hydrogens is 384 g/mol. The number of nitrogens with zero attached hydrogens (tertiary/aromatic N) is 1. The van der Waals surface area contributed by atoms with Gasteiger partial charge in [-0.3, -0.25) is 14.5 Å². The predicted molar refractivity (Wildman–Crippen MR) is 124 cm³/mol. The molecule has 4 rings (SSSR count). The Labute approximate surface area is 183 Å². The van der Waals surface area contributed by atoms with Crippen molar-refractivity contribution in [2.75, 3.05) is 5.32 Å². The first-order valence-corrected chi connectivity index (χ1v) is 10.4. The number of amides is 2. The lowest BCUT2D eigenvalue weighted by Crippen LogP contribution is -2.32. The van der Waals surface area contributed by atoms with Crippen molar-refractivity contribution in [1.29, 1.82) is 0 Å². The number of nitrogens with one attached hydrogen (secondary N) is 1. The van der Waals surface area contributed by atoms with E-state index in [1.807, 2.05) is 88.4 Å². The highest BCUT2D eigenvalue weighted by molar-refractivity contribution is 6.36. The van der Waals surface area contributed by atoms with Gasteiger partial charge in [-0.1, -0.05) is 77.4 Å². The molecule has 1 aliphatic heterocycles. The molecule has 0 fully saturated rings. The van der Waals surface area contributed by atoms with Crippen LogP contribution in [0.2, 0.25) is 0 Å². The molecular formula is C27H26N2O2. The molecule has 1 heterocycles. The predicted octanol–water partition coefficient (Wildman–Crippen LogP) is 5.31. The number of rotatable bonds is 5. The van der Waals surface area contributed by atoms with Gasteiger partial charge in [-0.25, -0.2) is 0 Å². The first-order chi connectivity index (χ1) is 14.8. The van der Waals surface area contributed by atoms with E-state index in [1.165, 1.54) is 4.90 Å². The second kappa shape index (κ2) is 8.23. The third-order valence-corrected chi connectivity index (χ3v) is 5.61. The molecule has 0 unspecified atom stereocenters. The van der Waals surface area contributed by atoms with Gasteiger partial charge in [0.1, 0.15) is 5.70 Å². The van der Waals surface area contributed by atoms with Crippen molar-refractivity contribution in [3.63, 3.8) is 0 Å². The number of hydrogen-bond donors (Lipinski definition) is 1. The first-order valence-electron chi connectivity index (χ1n) is 10.4. The second-order valence-electron chi connectivity index (χ2n) is 8.24. The highest BCUT2D eigenvalue weighted by atomic mass is 16.2. The summed E-state index contributed by atoms with van der Waals surface area (Å²) in [7, 11) is 0. The number of anilines is 1. The summed E-state index contributed by atoms with van der Waals surface area (Å²) < 4.78 is 0. The molecule has 0 bridgehead atoms. The van der Waals surface area contributed by atoms with E-state index in [-0.39, 0.29) is 18.4 Å². The van der Waals surface area contributed by atoms with Crippen molar-refractivity contribution in [1.82, 2.24) is 4.90 Å². The van der Waals surface area contributed by atoms with E-state index in [0.29, 0.717) is 11.3 Å². The fraction of sp³-hybridized carbons (Fsp3) is 0.185. The minimum absolute atomic E-state index is 0.241. The third kappa shape index (κ3) is 4.15. The quantitative estimate of drug-likeness (QED) is 0.580. The number of carbonyl (C=O) groups excluding carboxylic acids is 2. The van der Waals surface area contributed by atoms with E-state index in [0.717, 1.165) is 39.1 Å². The minimum atomic E-state index is -0.305. The van der Waals surface area contributed by atoms with Crippen molar-refractivity contribution in [3.05, 3.63) is 106 Å². The fourth-order valence-electron chi connectivity index (χ4n) is 3.79. The van der Waals surface area contributed by atoms with Gasteiger partial charge < -0.3 is 5.32 Å². The Bertz CT molecular complexity index is 1190. The molecule has 3 aromatic rings. The van der Waals surface area contributed by atoms with Crippen molar-refractivity contribution in [2.24, 2.45) is 0 Å². The summed E-state index contributed by atoms with van der Waals surface area (Å²) in [5.41, 5.74) is 7.62. The van der Waals surface area contributed by atoms with Crippen molar-refractivity contribution in [2.45, 2.75) is 34.2 Å². The Balaban J connectivity index is 1.75. The van der Waals surface area contributed by atoms with Crippen LogP contribution in [0.4, 0.5) is 5.69 Å². The van der Waals surface area contributed by atoms with Crippen LogP contribution in [0.1, 0.15) is 33.4 Å². The summed E-state index contributed by atoms with van der Waals surface area (Å²) in [4.78, 5) is 28.1. The SMILES string of the molecule is Cc1ccc(CN2C(=O)C(Nc3ccc(C)cc3C)=C(c3ccc(C)cc3)C2=O)cc1. The van der Waals surface area contributed by atoms with Crippen molar-refractivity contribution in [3.8, 4) is 0 Å². The molecule has 4 nitrogen and oxygen atoms in total. The van der Waals surface area contributed by atoms with Crippen LogP contribution in [0.3, 0.4) is 0 Å². The van der Waals surface area contributed by atoms with E-state index in [9.17, 15) is 9.59 Å². The molecule has 31 heavy (non-hydrogen) atoms. The lowest BCUT2D eigenvalue weighted by molar-refractivity contribution is -0.137. The molecule has 0 saturated heterocycles. The van der Waals surface area contributed by atoms with Gasteiger partial charge in [0.2, 0.25) is 0 Å². The Morgan fingerprint density at radius 1 is 0.710 bits per heavy atom. The highest BCUT2D eigenvalue weighted by Gasteiger charge is 2.39. The van der Waals surface area contributed by atoms with Crippen LogP contribution >= 0.6 is 0 Å². The Kier molecular flexibility index (Phi) is 5.47. The Hall–Kier alpha value is -3.66. The number of imide groups is 1. The summed E-state index contributed by atoms with van der Waals surface area (Å²) in [6, 6.07) is 21.6. The lowest BCUT2D eigenvalue weighted by Gasteiger charge is -2.16. The second-order valence-corrected chi connectivity index (χ2v) is 8.24. The number of hydrogen-bond acceptors (Lipinski definition) is 3. The maximum absolute atomic E-state index is 13.4. The molecule has 0 spiro atoms. The van der Waals surface area contributed by atoms with Gasteiger partial charge in [-0.15, -0.1) is 0 Å². The zero-order chi connectivity index (χ0) is 22.1. The Morgan fingerprint density at radius 3 is 1.90 bits per heavy atom. The normalized spacial score (nSPS) is 13.9. The van der Waals surface area contributed by atoms with Gasteiger partial charge in [-0.2, -0.15) is 0 Å². The smallest absolute Gasteiger partial charge is 0.278 e. The van der Waals surface area contributed by atoms with Crippen LogP contribution in [0.25, 0.3) is 5.57 Å². The van der Waals surface area contributed by atoms with Gasteiger partial charge >= 0.3 is 0 Å². The summed E-state index contributed by atoms with van der Waals surface area (Å²) in [5, 5.41) is 3.27. The maximum atomic E-state index is 13.4. The van der Waals surface area contributed by atoms with Crippen LogP contribution < -0.4 is 5.32 Å². The molecule has 1 N–H and O–H groups in total. The van der Waals surface area contributed by atoms with Crippen molar-refractivity contribution < 1.29 is 9.59 Å². The van der Waals surface area contributed by atoms with Crippen LogP contribution in [-0.4, -0.2) is 16.7 Å². The van der Waals surface area contributed by atoms with Gasteiger partial charge in [0.25, 0.3) is 11.8 Å². The molecule has 0 radical (unpaired) electrons. The summed E-state index contributed by atoms with van der Waals surface area (Å²) in [6.45, 7) is 8.27. The molecule has 4 heteroatoms. The molecule has 0 atom stereocenters. The average molecular weight is 411 g/mol. The minimum Gasteiger partial charge on any atom is -0.350 e. The standard InChI is InChI=1S/C27H26N2O2/c1-17-5-10-21(11-6-17)16-29-26(30)24(22-12-7-18(2)8-13-22)25(27(29)31)28-23-14-9-19(3)15-20(23)4/h5-15,28H,16H2,1-4H3. The van der Waals surface area contributed by atoms with Crippen LogP contribution in [-0.2, 0) is 16.1 Å². The topological polar surface area (TPSA) is 49.4 Å². The maximum Gasteiger partial charge on any atom is 0.278 e. The lowest BCUT2D eigenvalue weighted by atomic mass is 10.0. The van der Waals surface area contributed by atoms with Crippen LogP contribution in [0.5, 0.6) is 0 Å². The zero-order valence-corrected chi connectivity index (χ0v) is 18.3. The molecule has 0 aromatic heterocycles. The van der Waals surface area contributed by atoms with Gasteiger partial charge in [-0.05, 0) is 50.5 Å². The number of carbonyl (C=O) groups is 2. The number of benzene rings is 3. The van der Waals surface area contributed by atoms with Gasteiger partial charge in [0, 0.05) is 5.69 Å². The summed E-state index contributed by atoms with van der Waals surface area (Å²) in [5.74, 6) is -0.581. The van der Waals surface area contributed by atoms with Crippen LogP contribution in [0, 0.1) is 27.7 Å². The highest BCUT2D eigenvalue weighted by Crippen LogP contribution is 2.32. The van der Waals surface area contributed by atoms with E-state index in [4.69, 9.17) is 0 Å². The monoisotopic (exact) mass is 410 g/mol. The van der Waals surface area contributed by atoms with E-state index in [2.05, 4.69) is 11.4 Å². The van der Waals surface area contributed by atoms with E-state index in [1.54, 1.807) is 0 Å². The number of aryl methyl sites for hydroxylation is 4. The van der Waals surface area contributed by atoms with Gasteiger partial charge in [0.05, 0.1) is 12.1 Å². The largest absolute Gasteiger partial charge is 0.350 e. The van der Waals surface area contributed by atoms with E-state index >= 15 is 0 Å². The zero-order valence-electron chi connectivity index (χ0n) is 18.3. The molecule has 2 amide bonds.